The monoisotopic (exact) mass is 411 g/mol. The SMILES string of the molecule is O=C(Nc1nnc(SCc2ccccc2)s1)c1cccnc1N1CCCCC1. The van der Waals surface area contributed by atoms with E-state index in [4.69, 9.17) is 0 Å². The van der Waals surface area contributed by atoms with Crippen LogP contribution >= 0.6 is 23.1 Å². The first kappa shape index (κ1) is 18.9. The van der Waals surface area contributed by atoms with E-state index in [1.165, 1.54) is 23.3 Å². The lowest BCUT2D eigenvalue weighted by Gasteiger charge is -2.28. The summed E-state index contributed by atoms with van der Waals surface area (Å²) in [5.41, 5.74) is 1.81. The molecule has 0 spiro atoms. The number of hydrogen-bond acceptors (Lipinski definition) is 7. The second kappa shape index (κ2) is 9.16. The fourth-order valence-electron chi connectivity index (χ4n) is 3.13. The zero-order valence-electron chi connectivity index (χ0n) is 15.4. The Kier molecular flexibility index (Phi) is 6.18. The number of anilines is 2. The fraction of sp³-hybridized carbons (Fsp3) is 0.300. The van der Waals surface area contributed by atoms with Crippen molar-refractivity contribution in [2.75, 3.05) is 23.3 Å². The van der Waals surface area contributed by atoms with Crippen LogP contribution in [0, 0.1) is 0 Å². The third kappa shape index (κ3) is 4.69. The summed E-state index contributed by atoms with van der Waals surface area (Å²) >= 11 is 3.01. The van der Waals surface area contributed by atoms with Crippen molar-refractivity contribution in [3.8, 4) is 0 Å². The highest BCUT2D eigenvalue weighted by atomic mass is 32.2. The number of aromatic nitrogens is 3. The van der Waals surface area contributed by atoms with Crippen LogP contribution in [-0.4, -0.2) is 34.2 Å². The Hall–Kier alpha value is -2.45. The number of carbonyl (C=O) groups is 1. The van der Waals surface area contributed by atoms with Crippen molar-refractivity contribution >= 4 is 40.0 Å². The van der Waals surface area contributed by atoms with Gasteiger partial charge in [-0.25, -0.2) is 4.98 Å². The van der Waals surface area contributed by atoms with Crippen molar-refractivity contribution < 1.29 is 4.79 Å². The molecule has 1 aliphatic heterocycles. The Morgan fingerprint density at radius 3 is 2.71 bits per heavy atom. The number of carbonyl (C=O) groups excluding carboxylic acids is 1. The summed E-state index contributed by atoms with van der Waals surface area (Å²) in [5, 5.41) is 11.7. The maximum Gasteiger partial charge on any atom is 0.261 e. The van der Waals surface area contributed by atoms with Gasteiger partial charge >= 0.3 is 0 Å². The second-order valence-electron chi connectivity index (χ2n) is 6.52. The van der Waals surface area contributed by atoms with Gasteiger partial charge in [-0.3, -0.25) is 10.1 Å². The first-order valence-corrected chi connectivity index (χ1v) is 11.1. The van der Waals surface area contributed by atoms with Crippen molar-refractivity contribution in [2.45, 2.75) is 29.4 Å². The summed E-state index contributed by atoms with van der Waals surface area (Å²) < 4.78 is 0.835. The molecule has 3 aromatic rings. The van der Waals surface area contributed by atoms with E-state index in [2.05, 4.69) is 37.5 Å². The maximum atomic E-state index is 12.8. The van der Waals surface area contributed by atoms with Crippen LogP contribution in [0.5, 0.6) is 0 Å². The smallest absolute Gasteiger partial charge is 0.261 e. The number of nitrogens with zero attached hydrogens (tertiary/aromatic N) is 4. The standard InChI is InChI=1S/C20H21N5OS2/c26-18(16-10-7-11-21-17(16)25-12-5-2-6-13-25)22-19-23-24-20(28-19)27-14-15-8-3-1-4-9-15/h1,3-4,7-11H,2,5-6,12-14H2,(H,22,23,26). The van der Waals surface area contributed by atoms with Gasteiger partial charge in [-0.15, -0.1) is 10.2 Å². The van der Waals surface area contributed by atoms with Crippen molar-refractivity contribution in [1.82, 2.24) is 15.2 Å². The van der Waals surface area contributed by atoms with E-state index < -0.39 is 0 Å². The summed E-state index contributed by atoms with van der Waals surface area (Å²) in [7, 11) is 0. The zero-order valence-corrected chi connectivity index (χ0v) is 17.0. The van der Waals surface area contributed by atoms with Crippen LogP contribution < -0.4 is 10.2 Å². The van der Waals surface area contributed by atoms with E-state index in [0.717, 1.165) is 41.8 Å². The van der Waals surface area contributed by atoms with Crippen molar-refractivity contribution in [3.63, 3.8) is 0 Å². The average Bonchev–Trinajstić information content (AvgIpc) is 3.21. The van der Waals surface area contributed by atoms with E-state index in [0.29, 0.717) is 10.7 Å². The highest BCUT2D eigenvalue weighted by Gasteiger charge is 2.20. The fourth-order valence-corrected chi connectivity index (χ4v) is 4.84. The van der Waals surface area contributed by atoms with E-state index in [1.807, 2.05) is 24.3 Å². The molecule has 0 atom stereocenters. The molecule has 1 saturated heterocycles. The van der Waals surface area contributed by atoms with Gasteiger partial charge < -0.3 is 4.90 Å². The van der Waals surface area contributed by atoms with E-state index in [-0.39, 0.29) is 5.91 Å². The number of thioether (sulfide) groups is 1. The van der Waals surface area contributed by atoms with E-state index in [9.17, 15) is 4.79 Å². The van der Waals surface area contributed by atoms with Crippen molar-refractivity contribution in [2.24, 2.45) is 0 Å². The van der Waals surface area contributed by atoms with Crippen LogP contribution in [0.2, 0.25) is 0 Å². The van der Waals surface area contributed by atoms with E-state index >= 15 is 0 Å². The highest BCUT2D eigenvalue weighted by molar-refractivity contribution is 8.00. The van der Waals surface area contributed by atoms with Crippen LogP contribution in [0.1, 0.15) is 35.2 Å². The molecule has 2 aromatic heterocycles. The predicted octanol–water partition coefficient (Wildman–Crippen LogP) is 4.47. The lowest BCUT2D eigenvalue weighted by molar-refractivity contribution is 0.102. The van der Waals surface area contributed by atoms with Gasteiger partial charge in [-0.1, -0.05) is 53.4 Å². The van der Waals surface area contributed by atoms with Crippen LogP contribution in [0.4, 0.5) is 10.9 Å². The summed E-state index contributed by atoms with van der Waals surface area (Å²) in [6.07, 6.45) is 5.25. The molecule has 0 unspecified atom stereocenters. The highest BCUT2D eigenvalue weighted by Crippen LogP contribution is 2.29. The molecule has 1 fully saturated rings. The molecule has 8 heteroatoms. The number of pyridine rings is 1. The predicted molar refractivity (Wildman–Crippen MR) is 114 cm³/mol. The lowest BCUT2D eigenvalue weighted by atomic mass is 10.1. The number of rotatable bonds is 6. The Labute approximate surface area is 172 Å². The zero-order chi connectivity index (χ0) is 19.2. The van der Waals surface area contributed by atoms with Gasteiger partial charge in [0.05, 0.1) is 5.56 Å². The molecular weight excluding hydrogens is 390 g/mol. The van der Waals surface area contributed by atoms with Gasteiger partial charge in [0.2, 0.25) is 5.13 Å². The number of benzene rings is 1. The quantitative estimate of drug-likeness (QED) is 0.477. The molecule has 0 radical (unpaired) electrons. The molecule has 4 rings (SSSR count). The van der Waals surface area contributed by atoms with Gasteiger partial charge in [-0.2, -0.15) is 0 Å². The Bertz CT molecular complexity index is 925. The molecule has 28 heavy (non-hydrogen) atoms. The topological polar surface area (TPSA) is 71.0 Å². The first-order chi connectivity index (χ1) is 13.8. The minimum absolute atomic E-state index is 0.190. The first-order valence-electron chi connectivity index (χ1n) is 9.31. The van der Waals surface area contributed by atoms with Gasteiger partial charge in [0.25, 0.3) is 5.91 Å². The minimum Gasteiger partial charge on any atom is -0.356 e. The number of nitrogens with one attached hydrogen (secondary N) is 1. The van der Waals surface area contributed by atoms with Gasteiger partial charge in [0.15, 0.2) is 4.34 Å². The van der Waals surface area contributed by atoms with Crippen LogP contribution in [0.15, 0.2) is 53.0 Å². The minimum atomic E-state index is -0.190. The molecule has 3 heterocycles. The molecule has 1 aliphatic rings. The third-order valence-electron chi connectivity index (χ3n) is 4.52. The molecule has 0 bridgehead atoms. The maximum absolute atomic E-state index is 12.8. The summed E-state index contributed by atoms with van der Waals surface area (Å²) in [4.78, 5) is 19.5. The van der Waals surface area contributed by atoms with Crippen molar-refractivity contribution in [1.29, 1.82) is 0 Å². The van der Waals surface area contributed by atoms with Crippen LogP contribution in [-0.2, 0) is 5.75 Å². The lowest BCUT2D eigenvalue weighted by Crippen LogP contribution is -2.32. The van der Waals surface area contributed by atoms with Gasteiger partial charge in [0, 0.05) is 25.0 Å². The van der Waals surface area contributed by atoms with Gasteiger partial charge in [-0.05, 0) is 37.0 Å². The molecule has 1 N–H and O–H groups in total. The molecule has 6 nitrogen and oxygen atoms in total. The van der Waals surface area contributed by atoms with Crippen LogP contribution in [0.3, 0.4) is 0 Å². The Morgan fingerprint density at radius 1 is 1.07 bits per heavy atom. The molecule has 0 saturated carbocycles. The molecule has 1 amide bonds. The molecular formula is C20H21N5OS2. The Morgan fingerprint density at radius 2 is 1.89 bits per heavy atom. The average molecular weight is 412 g/mol. The second-order valence-corrected chi connectivity index (χ2v) is 8.72. The number of piperidine rings is 1. The summed E-state index contributed by atoms with van der Waals surface area (Å²) in [6, 6.07) is 13.8. The normalized spacial score (nSPS) is 14.1. The van der Waals surface area contributed by atoms with Gasteiger partial charge in [0.1, 0.15) is 5.82 Å². The summed E-state index contributed by atoms with van der Waals surface area (Å²) in [6.45, 7) is 1.88. The number of hydrogen-bond donors (Lipinski definition) is 1. The van der Waals surface area contributed by atoms with Crippen molar-refractivity contribution in [3.05, 3.63) is 59.8 Å². The summed E-state index contributed by atoms with van der Waals surface area (Å²) in [5.74, 6) is 1.39. The molecule has 0 aliphatic carbocycles. The molecule has 144 valence electrons. The number of amides is 1. The third-order valence-corrected chi connectivity index (χ3v) is 6.56. The van der Waals surface area contributed by atoms with E-state index in [1.54, 1.807) is 24.0 Å². The largest absolute Gasteiger partial charge is 0.356 e. The van der Waals surface area contributed by atoms with Crippen LogP contribution in [0.25, 0.3) is 0 Å². The Balaban J connectivity index is 1.41. The molecule has 1 aromatic carbocycles.